The van der Waals surface area contributed by atoms with Gasteiger partial charge in [-0.1, -0.05) is 23.2 Å². The minimum atomic E-state index is -0.255. The molecule has 5 nitrogen and oxygen atoms in total. The maximum absolute atomic E-state index is 12.9. The standard InChI is InChI=1S/C21H25Cl2N3O2/c1-12(4-19(27)24-18-8-16(22)2-3-17(18)23)25-26-20(28)21-9-13-5-14(10-21)7-15(6-13)11-21/h2-3,8,13-15H,4-7,9-11H2,1H3,(H,24,27)(H,26,28). The minimum Gasteiger partial charge on any atom is -0.324 e. The van der Waals surface area contributed by atoms with E-state index >= 15 is 0 Å². The van der Waals surface area contributed by atoms with Crippen molar-refractivity contribution in [2.24, 2.45) is 28.3 Å². The molecule has 4 bridgehead atoms. The number of hydrogen-bond acceptors (Lipinski definition) is 3. The molecule has 0 aromatic heterocycles. The third kappa shape index (κ3) is 4.06. The lowest BCUT2D eigenvalue weighted by molar-refractivity contribution is -0.146. The number of rotatable bonds is 5. The lowest BCUT2D eigenvalue weighted by Gasteiger charge is -2.55. The van der Waals surface area contributed by atoms with Crippen LogP contribution >= 0.6 is 23.2 Å². The molecule has 150 valence electrons. The Balaban J connectivity index is 1.34. The summed E-state index contributed by atoms with van der Waals surface area (Å²) in [6.07, 6.45) is 6.93. The van der Waals surface area contributed by atoms with Crippen LogP contribution in [0.1, 0.15) is 51.9 Å². The van der Waals surface area contributed by atoms with Crippen molar-refractivity contribution in [1.29, 1.82) is 0 Å². The smallest absolute Gasteiger partial charge is 0.246 e. The number of nitrogens with one attached hydrogen (secondary N) is 2. The van der Waals surface area contributed by atoms with Gasteiger partial charge in [0.05, 0.1) is 22.5 Å². The molecule has 0 saturated heterocycles. The number of carbonyl (C=O) groups is 2. The highest BCUT2D eigenvalue weighted by Crippen LogP contribution is 2.60. The molecule has 0 heterocycles. The summed E-state index contributed by atoms with van der Waals surface area (Å²) in [7, 11) is 0. The van der Waals surface area contributed by atoms with Crippen molar-refractivity contribution in [1.82, 2.24) is 5.43 Å². The van der Waals surface area contributed by atoms with E-state index in [4.69, 9.17) is 23.2 Å². The van der Waals surface area contributed by atoms with Crippen LogP contribution in [-0.4, -0.2) is 17.5 Å². The van der Waals surface area contributed by atoms with E-state index in [-0.39, 0.29) is 23.7 Å². The van der Waals surface area contributed by atoms with Gasteiger partial charge >= 0.3 is 0 Å². The summed E-state index contributed by atoms with van der Waals surface area (Å²) in [6.45, 7) is 1.74. The van der Waals surface area contributed by atoms with Crippen molar-refractivity contribution in [2.45, 2.75) is 51.9 Å². The number of amides is 2. The molecule has 0 unspecified atom stereocenters. The lowest BCUT2D eigenvalue weighted by Crippen LogP contribution is -2.52. The highest BCUT2D eigenvalue weighted by Gasteiger charge is 2.54. The second-order valence-corrected chi connectivity index (χ2v) is 9.68. The highest BCUT2D eigenvalue weighted by atomic mass is 35.5. The minimum absolute atomic E-state index is 0.0317. The van der Waals surface area contributed by atoms with Crippen molar-refractivity contribution < 1.29 is 9.59 Å². The average Bonchev–Trinajstić information content (AvgIpc) is 2.61. The molecule has 1 aromatic rings. The largest absolute Gasteiger partial charge is 0.324 e. The third-order valence-corrected chi connectivity index (χ3v) is 7.05. The van der Waals surface area contributed by atoms with Gasteiger partial charge in [-0.15, -0.1) is 0 Å². The Hall–Kier alpha value is -1.59. The molecule has 4 fully saturated rings. The van der Waals surface area contributed by atoms with Gasteiger partial charge in [0.2, 0.25) is 11.8 Å². The van der Waals surface area contributed by atoms with E-state index in [1.807, 2.05) is 0 Å². The molecule has 0 radical (unpaired) electrons. The summed E-state index contributed by atoms with van der Waals surface area (Å²) in [5.74, 6) is 1.89. The maximum atomic E-state index is 12.9. The molecule has 5 rings (SSSR count). The fourth-order valence-corrected chi connectivity index (χ4v) is 6.05. The second-order valence-electron chi connectivity index (χ2n) is 8.84. The molecule has 4 saturated carbocycles. The third-order valence-electron chi connectivity index (χ3n) is 6.49. The fourth-order valence-electron chi connectivity index (χ4n) is 5.71. The van der Waals surface area contributed by atoms with Gasteiger partial charge in [0.15, 0.2) is 0 Å². The molecule has 0 aliphatic heterocycles. The van der Waals surface area contributed by atoms with E-state index in [0.29, 0.717) is 39.2 Å². The van der Waals surface area contributed by atoms with E-state index in [1.54, 1.807) is 25.1 Å². The van der Waals surface area contributed by atoms with E-state index < -0.39 is 0 Å². The Labute approximate surface area is 175 Å². The summed E-state index contributed by atoms with van der Waals surface area (Å²) in [5.41, 5.74) is 3.52. The van der Waals surface area contributed by atoms with Gasteiger partial charge < -0.3 is 5.32 Å². The number of benzene rings is 1. The zero-order valence-electron chi connectivity index (χ0n) is 15.9. The summed E-state index contributed by atoms with van der Waals surface area (Å²) in [6, 6.07) is 4.89. The van der Waals surface area contributed by atoms with E-state index in [9.17, 15) is 9.59 Å². The summed E-state index contributed by atoms with van der Waals surface area (Å²) >= 11 is 12.0. The fraction of sp³-hybridized carbons (Fsp3) is 0.571. The van der Waals surface area contributed by atoms with E-state index in [1.165, 1.54) is 19.3 Å². The summed E-state index contributed by atoms with van der Waals surface area (Å²) < 4.78 is 0. The Morgan fingerprint density at radius 3 is 2.32 bits per heavy atom. The number of nitrogens with zero attached hydrogens (tertiary/aromatic N) is 1. The molecule has 0 spiro atoms. The van der Waals surface area contributed by atoms with Gasteiger partial charge in [-0.05, 0) is 81.4 Å². The highest BCUT2D eigenvalue weighted by molar-refractivity contribution is 6.35. The van der Waals surface area contributed by atoms with Crippen LogP contribution < -0.4 is 10.7 Å². The molecule has 2 N–H and O–H groups in total. The van der Waals surface area contributed by atoms with Gasteiger partial charge in [0, 0.05) is 10.7 Å². The zero-order chi connectivity index (χ0) is 19.9. The quantitative estimate of drug-likeness (QED) is 0.516. The lowest BCUT2D eigenvalue weighted by atomic mass is 9.49. The second kappa shape index (κ2) is 7.68. The Morgan fingerprint density at radius 2 is 1.71 bits per heavy atom. The van der Waals surface area contributed by atoms with Crippen molar-refractivity contribution >= 4 is 46.4 Å². The molecule has 4 aliphatic rings. The average molecular weight is 422 g/mol. The predicted octanol–water partition coefficient (Wildman–Crippen LogP) is 5.03. The molecule has 28 heavy (non-hydrogen) atoms. The maximum Gasteiger partial charge on any atom is 0.246 e. The van der Waals surface area contributed by atoms with Crippen molar-refractivity contribution in [2.75, 3.05) is 5.32 Å². The van der Waals surface area contributed by atoms with Crippen LogP contribution in [0.25, 0.3) is 0 Å². The van der Waals surface area contributed by atoms with Crippen LogP contribution in [0.5, 0.6) is 0 Å². The van der Waals surface area contributed by atoms with Crippen LogP contribution in [0.4, 0.5) is 5.69 Å². The topological polar surface area (TPSA) is 70.6 Å². The van der Waals surface area contributed by atoms with Crippen LogP contribution in [-0.2, 0) is 9.59 Å². The zero-order valence-corrected chi connectivity index (χ0v) is 17.4. The molecule has 1 aromatic carbocycles. The van der Waals surface area contributed by atoms with Gasteiger partial charge in [-0.25, -0.2) is 5.43 Å². The molecule has 7 heteroatoms. The van der Waals surface area contributed by atoms with Crippen LogP contribution in [0.15, 0.2) is 23.3 Å². The monoisotopic (exact) mass is 421 g/mol. The van der Waals surface area contributed by atoms with Gasteiger partial charge in [0.25, 0.3) is 0 Å². The Morgan fingerprint density at radius 1 is 1.11 bits per heavy atom. The first-order chi connectivity index (χ1) is 13.3. The molecular formula is C21H25Cl2N3O2. The molecule has 2 amide bonds. The first kappa shape index (κ1) is 19.7. The normalized spacial score (nSPS) is 31.0. The number of hydrazone groups is 1. The Kier molecular flexibility index (Phi) is 5.41. The van der Waals surface area contributed by atoms with Gasteiger partial charge in [-0.3, -0.25) is 9.59 Å². The van der Waals surface area contributed by atoms with E-state index in [0.717, 1.165) is 19.3 Å². The molecule has 0 atom stereocenters. The summed E-state index contributed by atoms with van der Waals surface area (Å²) in [5, 5.41) is 7.84. The Bertz CT molecular complexity index is 802. The van der Waals surface area contributed by atoms with E-state index in [2.05, 4.69) is 15.8 Å². The van der Waals surface area contributed by atoms with Gasteiger partial charge in [0.1, 0.15) is 0 Å². The number of halogens is 2. The number of carbonyl (C=O) groups excluding carboxylic acids is 2. The van der Waals surface area contributed by atoms with Crippen molar-refractivity contribution in [3.63, 3.8) is 0 Å². The predicted molar refractivity (Wildman–Crippen MR) is 112 cm³/mol. The first-order valence-electron chi connectivity index (χ1n) is 9.91. The van der Waals surface area contributed by atoms with Crippen LogP contribution in [0, 0.1) is 23.2 Å². The molecular weight excluding hydrogens is 397 g/mol. The first-order valence-corrected chi connectivity index (χ1v) is 10.7. The SMILES string of the molecule is CC(CC(=O)Nc1cc(Cl)ccc1Cl)=NNC(=O)C12CC3CC(CC(C3)C1)C2. The van der Waals surface area contributed by atoms with Crippen molar-refractivity contribution in [3.8, 4) is 0 Å². The van der Waals surface area contributed by atoms with Crippen molar-refractivity contribution in [3.05, 3.63) is 28.2 Å². The summed E-state index contributed by atoms with van der Waals surface area (Å²) in [4.78, 5) is 25.2. The molecule has 4 aliphatic carbocycles. The number of anilines is 1. The van der Waals surface area contributed by atoms with Crippen LogP contribution in [0.2, 0.25) is 10.0 Å². The van der Waals surface area contributed by atoms with Gasteiger partial charge in [-0.2, -0.15) is 5.10 Å². The van der Waals surface area contributed by atoms with Crippen LogP contribution in [0.3, 0.4) is 0 Å². The number of hydrogen-bond donors (Lipinski definition) is 2.